The average molecular weight is 643 g/mol. The molecule has 0 amide bonds. The van der Waals surface area contributed by atoms with E-state index in [1.54, 1.807) is 6.08 Å². The van der Waals surface area contributed by atoms with Crippen molar-refractivity contribution in [2.45, 2.75) is 101 Å². The number of hydrogen-bond donors (Lipinski definition) is 2. The third-order valence-electron chi connectivity index (χ3n) is 10.1. The number of aliphatic hydroxyl groups excluding tert-OH is 1. The maximum atomic E-state index is 15.3. The first kappa shape index (κ1) is 37.5. The topological polar surface area (TPSA) is 101 Å². The van der Waals surface area contributed by atoms with E-state index in [0.29, 0.717) is 19.3 Å². The lowest BCUT2D eigenvalue weighted by molar-refractivity contribution is -0.178. The molecule has 0 aliphatic heterocycles. The minimum atomic E-state index is -1.60. The van der Waals surface area contributed by atoms with Crippen molar-refractivity contribution < 1.29 is 29.3 Å². The fraction of sp³-hybridized carbons (Fsp3) is 0.488. The van der Waals surface area contributed by atoms with Crippen molar-refractivity contribution in [3.05, 3.63) is 88.6 Å². The Balaban J connectivity index is 2.47. The molecule has 0 unspecified atom stereocenters. The second-order valence-corrected chi connectivity index (χ2v) is 14.6. The Hall–Kier alpha value is -3.93. The van der Waals surface area contributed by atoms with Crippen LogP contribution < -0.4 is 4.74 Å². The monoisotopic (exact) mass is 642 g/mol. The summed E-state index contributed by atoms with van der Waals surface area (Å²) in [6, 6.07) is 4.26. The quantitative estimate of drug-likeness (QED) is 0.0730. The number of hydrogen-bond acceptors (Lipinski definition) is 6. The molecule has 3 rings (SSSR count). The van der Waals surface area contributed by atoms with Crippen LogP contribution in [0, 0.1) is 22.2 Å². The molecule has 0 spiro atoms. The van der Waals surface area contributed by atoms with Crippen LogP contribution >= 0.6 is 0 Å². The minimum Gasteiger partial charge on any atom is -0.506 e. The lowest BCUT2D eigenvalue weighted by Crippen LogP contribution is -2.70. The predicted molar refractivity (Wildman–Crippen MR) is 190 cm³/mol. The molecule has 0 heterocycles. The average Bonchev–Trinajstić information content (AvgIpc) is 2.98. The maximum absolute atomic E-state index is 15.3. The molecule has 2 aliphatic carbocycles. The number of phenolic OH excluding ortho intramolecular Hbond substituents is 1. The summed E-state index contributed by atoms with van der Waals surface area (Å²) in [5, 5.41) is 22.6. The van der Waals surface area contributed by atoms with Gasteiger partial charge in [0.1, 0.15) is 23.4 Å². The van der Waals surface area contributed by atoms with Crippen molar-refractivity contribution >= 4 is 23.1 Å². The number of ketones is 3. The van der Waals surface area contributed by atoms with E-state index in [2.05, 4.69) is 25.7 Å². The summed E-state index contributed by atoms with van der Waals surface area (Å²) in [5.41, 5.74) is -0.0327. The highest BCUT2D eigenvalue weighted by Crippen LogP contribution is 2.67. The minimum absolute atomic E-state index is 0.0969. The van der Waals surface area contributed by atoms with Crippen molar-refractivity contribution in [3.63, 3.8) is 0 Å². The number of benzene rings is 1. The first-order chi connectivity index (χ1) is 22.0. The molecule has 0 saturated heterocycles. The van der Waals surface area contributed by atoms with E-state index in [9.17, 15) is 15.0 Å². The molecule has 6 nitrogen and oxygen atoms in total. The Kier molecular flexibility index (Phi) is 11.9. The Bertz CT molecular complexity index is 1570. The highest BCUT2D eigenvalue weighted by Gasteiger charge is 2.74. The highest BCUT2D eigenvalue weighted by atomic mass is 16.5. The van der Waals surface area contributed by atoms with Gasteiger partial charge in [0.25, 0.3) is 0 Å². The van der Waals surface area contributed by atoms with Crippen LogP contribution in [0.4, 0.5) is 0 Å². The first-order valence-electron chi connectivity index (χ1n) is 16.7. The zero-order valence-electron chi connectivity index (χ0n) is 29.9. The SMILES string of the molecule is C=CCOc1ccc(C(O)=C2C(=O)[C@]3(CC=C(C)C)C[C@H](CC=C(C)C)[C@@](C)(CCC=C(C)C)[C@](CC=C(C)C)(C2=O)C3=O)cc1O. The van der Waals surface area contributed by atoms with E-state index in [1.165, 1.54) is 18.2 Å². The zero-order chi connectivity index (χ0) is 35.3. The summed E-state index contributed by atoms with van der Waals surface area (Å²) in [5.74, 6) is -2.38. The second kappa shape index (κ2) is 14.9. The molecule has 2 bridgehead atoms. The molecule has 0 aromatic heterocycles. The smallest absolute Gasteiger partial charge is 0.184 e. The molecule has 4 atom stereocenters. The van der Waals surface area contributed by atoms with Crippen molar-refractivity contribution in [2.24, 2.45) is 22.2 Å². The van der Waals surface area contributed by atoms with Crippen molar-refractivity contribution in [1.29, 1.82) is 0 Å². The number of ether oxygens (including phenoxy) is 1. The molecular weight excluding hydrogens is 588 g/mol. The summed E-state index contributed by atoms with van der Waals surface area (Å²) < 4.78 is 5.49. The third-order valence-corrected chi connectivity index (χ3v) is 10.1. The summed E-state index contributed by atoms with van der Waals surface area (Å²) in [6.07, 6.45) is 12.1. The lowest BCUT2D eigenvalue weighted by atomic mass is 9.37. The van der Waals surface area contributed by atoms with Crippen LogP contribution in [0.25, 0.3) is 5.76 Å². The molecule has 254 valence electrons. The Labute approximate surface area is 281 Å². The maximum Gasteiger partial charge on any atom is 0.184 e. The third kappa shape index (κ3) is 7.17. The van der Waals surface area contributed by atoms with Gasteiger partial charge in [0.15, 0.2) is 28.8 Å². The molecule has 2 fully saturated rings. The number of fused-ring (bicyclic) bond motifs is 2. The molecule has 47 heavy (non-hydrogen) atoms. The van der Waals surface area contributed by atoms with Gasteiger partial charge in [-0.15, -0.1) is 0 Å². The number of Topliss-reactive ketones (excluding diaryl/α,β-unsaturated/α-hetero) is 3. The molecule has 2 saturated carbocycles. The standard InChI is InChI=1S/C41H54O6/c1-11-23-47-33-17-15-30(24-32(33)42)35(43)34-36(44)40(21-18-28(6)7)25-31(16-14-27(4)5)39(10,20-12-13-26(2)3)41(37(34)45,38(40)46)22-19-29(8)9/h11,13-15,17-19,24,31,42-43H,1,12,16,20-23,25H2,2-10H3/t31-,39+,40-,41+/m0/s1. The highest BCUT2D eigenvalue weighted by molar-refractivity contribution is 6.41. The zero-order valence-corrected chi connectivity index (χ0v) is 29.9. The van der Waals surface area contributed by atoms with Gasteiger partial charge in [0.05, 0.1) is 5.41 Å². The predicted octanol–water partition coefficient (Wildman–Crippen LogP) is 9.76. The van der Waals surface area contributed by atoms with E-state index < -0.39 is 33.6 Å². The summed E-state index contributed by atoms with van der Waals surface area (Å²) in [4.78, 5) is 45.4. The van der Waals surface area contributed by atoms with Gasteiger partial charge >= 0.3 is 0 Å². The van der Waals surface area contributed by atoms with Crippen molar-refractivity contribution in [2.75, 3.05) is 6.61 Å². The summed E-state index contributed by atoms with van der Waals surface area (Å²) >= 11 is 0. The van der Waals surface area contributed by atoms with E-state index in [0.717, 1.165) is 22.3 Å². The van der Waals surface area contributed by atoms with Gasteiger partial charge < -0.3 is 14.9 Å². The first-order valence-corrected chi connectivity index (χ1v) is 16.7. The van der Waals surface area contributed by atoms with Crippen LogP contribution in [-0.4, -0.2) is 34.2 Å². The second-order valence-electron chi connectivity index (χ2n) is 14.6. The molecular formula is C41H54O6. The van der Waals surface area contributed by atoms with E-state index in [1.807, 2.05) is 67.5 Å². The normalized spacial score (nSPS) is 26.2. The van der Waals surface area contributed by atoms with E-state index in [4.69, 9.17) is 4.74 Å². The van der Waals surface area contributed by atoms with Crippen LogP contribution in [-0.2, 0) is 14.4 Å². The molecule has 0 radical (unpaired) electrons. The number of carbonyl (C=O) groups is 3. The number of rotatable bonds is 13. The molecule has 1 aromatic rings. The van der Waals surface area contributed by atoms with Gasteiger partial charge in [0.2, 0.25) is 0 Å². The van der Waals surface area contributed by atoms with Crippen LogP contribution in [0.15, 0.2) is 83.0 Å². The number of allylic oxidation sites excluding steroid dienone is 9. The van der Waals surface area contributed by atoms with Gasteiger partial charge in [-0.2, -0.15) is 0 Å². The number of aromatic hydroxyl groups is 1. The molecule has 2 N–H and O–H groups in total. The number of aliphatic hydroxyl groups is 1. The molecule has 6 heteroatoms. The Morgan fingerprint density at radius 3 is 2.04 bits per heavy atom. The van der Waals surface area contributed by atoms with Gasteiger partial charge in [-0.25, -0.2) is 0 Å². The van der Waals surface area contributed by atoms with Crippen LogP contribution in [0.5, 0.6) is 11.5 Å². The summed E-state index contributed by atoms with van der Waals surface area (Å²) in [6.45, 7) is 21.7. The molecule has 1 aromatic carbocycles. The number of carbonyl (C=O) groups excluding carboxylic acids is 3. The fourth-order valence-electron chi connectivity index (χ4n) is 7.39. The fourth-order valence-corrected chi connectivity index (χ4v) is 7.39. The van der Waals surface area contributed by atoms with Crippen molar-refractivity contribution in [3.8, 4) is 11.5 Å². The Morgan fingerprint density at radius 2 is 1.49 bits per heavy atom. The van der Waals surface area contributed by atoms with Gasteiger partial charge in [-0.3, -0.25) is 14.4 Å². The lowest BCUT2D eigenvalue weighted by Gasteiger charge is -2.61. The Morgan fingerprint density at radius 1 is 0.894 bits per heavy atom. The van der Waals surface area contributed by atoms with Gasteiger partial charge in [-0.1, -0.05) is 66.2 Å². The van der Waals surface area contributed by atoms with E-state index in [-0.39, 0.29) is 60.2 Å². The largest absolute Gasteiger partial charge is 0.506 e. The van der Waals surface area contributed by atoms with Crippen LogP contribution in [0.3, 0.4) is 0 Å². The van der Waals surface area contributed by atoms with E-state index >= 15 is 9.59 Å². The number of phenols is 1. The van der Waals surface area contributed by atoms with Gasteiger partial charge in [-0.05, 0) is 123 Å². The van der Waals surface area contributed by atoms with Crippen LogP contribution in [0.2, 0.25) is 0 Å². The summed E-state index contributed by atoms with van der Waals surface area (Å²) in [7, 11) is 0. The molecule has 2 aliphatic rings. The van der Waals surface area contributed by atoms with Gasteiger partial charge in [0, 0.05) is 5.56 Å². The van der Waals surface area contributed by atoms with Crippen LogP contribution in [0.1, 0.15) is 106 Å². The van der Waals surface area contributed by atoms with Crippen molar-refractivity contribution in [1.82, 2.24) is 0 Å².